The average molecular weight is 181 g/mol. The van der Waals surface area contributed by atoms with E-state index in [9.17, 15) is 4.79 Å². The summed E-state index contributed by atoms with van der Waals surface area (Å²) in [5.41, 5.74) is 0.597. The zero-order valence-electron chi connectivity index (χ0n) is 7.04. The van der Waals surface area contributed by atoms with Gasteiger partial charge in [0, 0.05) is 11.8 Å². The number of aryl methyl sites for hydroxylation is 1. The number of hydrogen-bond donors (Lipinski definition) is 0. The summed E-state index contributed by atoms with van der Waals surface area (Å²) in [6, 6.07) is 0. The topological polar surface area (TPSA) is 30.0 Å². The molecule has 12 heavy (non-hydrogen) atoms. The number of carbonyl (C=O) groups excluding carboxylic acids is 1. The van der Waals surface area contributed by atoms with Crippen molar-refractivity contribution >= 4 is 17.1 Å². The quantitative estimate of drug-likeness (QED) is 0.528. The molecule has 64 valence electrons. The molecule has 0 aromatic carbocycles. The SMILES string of the molecule is C=CCCC(=O)c1csc(C)n1. The van der Waals surface area contributed by atoms with Gasteiger partial charge in [-0.3, -0.25) is 4.79 Å². The van der Waals surface area contributed by atoms with Gasteiger partial charge in [-0.2, -0.15) is 0 Å². The number of nitrogens with zero attached hydrogens (tertiary/aromatic N) is 1. The maximum Gasteiger partial charge on any atom is 0.182 e. The van der Waals surface area contributed by atoms with E-state index in [1.165, 1.54) is 11.3 Å². The van der Waals surface area contributed by atoms with Crippen LogP contribution in [0.5, 0.6) is 0 Å². The largest absolute Gasteiger partial charge is 0.292 e. The van der Waals surface area contributed by atoms with Gasteiger partial charge in [-0.05, 0) is 13.3 Å². The molecule has 0 bridgehead atoms. The Kier molecular flexibility index (Phi) is 3.17. The van der Waals surface area contributed by atoms with E-state index in [4.69, 9.17) is 0 Å². The first-order valence-electron chi connectivity index (χ1n) is 3.80. The third-order valence-electron chi connectivity index (χ3n) is 1.48. The highest BCUT2D eigenvalue weighted by Gasteiger charge is 2.07. The standard InChI is InChI=1S/C9H11NOS/c1-3-4-5-9(11)8-6-12-7(2)10-8/h3,6H,1,4-5H2,2H3. The molecule has 0 atom stereocenters. The van der Waals surface area contributed by atoms with Gasteiger partial charge in [0.15, 0.2) is 5.78 Å². The smallest absolute Gasteiger partial charge is 0.182 e. The van der Waals surface area contributed by atoms with Crippen molar-refractivity contribution < 1.29 is 4.79 Å². The van der Waals surface area contributed by atoms with Crippen LogP contribution in [-0.4, -0.2) is 10.8 Å². The molecule has 2 nitrogen and oxygen atoms in total. The Hall–Kier alpha value is -0.960. The first-order chi connectivity index (χ1) is 5.74. The Labute approximate surface area is 76.0 Å². The van der Waals surface area contributed by atoms with Crippen molar-refractivity contribution in [3.05, 3.63) is 28.7 Å². The summed E-state index contributed by atoms with van der Waals surface area (Å²) < 4.78 is 0. The van der Waals surface area contributed by atoms with Crippen molar-refractivity contribution in [2.45, 2.75) is 19.8 Å². The third-order valence-corrected chi connectivity index (χ3v) is 2.25. The van der Waals surface area contributed by atoms with E-state index < -0.39 is 0 Å². The van der Waals surface area contributed by atoms with Crippen LogP contribution in [-0.2, 0) is 0 Å². The summed E-state index contributed by atoms with van der Waals surface area (Å²) in [7, 11) is 0. The summed E-state index contributed by atoms with van der Waals surface area (Å²) >= 11 is 1.51. The fourth-order valence-corrected chi connectivity index (χ4v) is 1.47. The number of ketones is 1. The van der Waals surface area contributed by atoms with Crippen molar-refractivity contribution in [3.8, 4) is 0 Å². The molecular formula is C9H11NOS. The Morgan fingerprint density at radius 1 is 1.83 bits per heavy atom. The fourth-order valence-electron chi connectivity index (χ4n) is 0.853. The van der Waals surface area contributed by atoms with Crippen molar-refractivity contribution in [1.82, 2.24) is 4.98 Å². The minimum absolute atomic E-state index is 0.110. The van der Waals surface area contributed by atoms with Crippen molar-refractivity contribution in [1.29, 1.82) is 0 Å². The van der Waals surface area contributed by atoms with E-state index >= 15 is 0 Å². The summed E-state index contributed by atoms with van der Waals surface area (Å²) in [6.07, 6.45) is 3.00. The number of aromatic nitrogens is 1. The Morgan fingerprint density at radius 2 is 2.58 bits per heavy atom. The molecule has 0 spiro atoms. The first-order valence-corrected chi connectivity index (χ1v) is 4.68. The molecule has 0 amide bonds. The maximum absolute atomic E-state index is 11.3. The lowest BCUT2D eigenvalue weighted by atomic mass is 10.2. The molecule has 1 heterocycles. The van der Waals surface area contributed by atoms with E-state index in [2.05, 4.69) is 11.6 Å². The van der Waals surface area contributed by atoms with E-state index in [1.54, 1.807) is 11.5 Å². The van der Waals surface area contributed by atoms with Crippen molar-refractivity contribution in [2.75, 3.05) is 0 Å². The summed E-state index contributed by atoms with van der Waals surface area (Å²) in [6.45, 7) is 5.46. The van der Waals surface area contributed by atoms with Crippen LogP contribution in [0.2, 0.25) is 0 Å². The monoisotopic (exact) mass is 181 g/mol. The second-order valence-electron chi connectivity index (χ2n) is 2.50. The lowest BCUT2D eigenvalue weighted by Gasteiger charge is -1.91. The molecular weight excluding hydrogens is 170 g/mol. The van der Waals surface area contributed by atoms with Crippen molar-refractivity contribution in [3.63, 3.8) is 0 Å². The van der Waals surface area contributed by atoms with Gasteiger partial charge in [-0.1, -0.05) is 6.08 Å². The highest BCUT2D eigenvalue weighted by atomic mass is 32.1. The van der Waals surface area contributed by atoms with Crippen LogP contribution in [0.1, 0.15) is 28.3 Å². The number of allylic oxidation sites excluding steroid dienone is 1. The van der Waals surface area contributed by atoms with Gasteiger partial charge in [0.25, 0.3) is 0 Å². The first kappa shape index (κ1) is 9.13. The van der Waals surface area contributed by atoms with Crippen LogP contribution in [0.15, 0.2) is 18.0 Å². The molecule has 1 rings (SSSR count). The van der Waals surface area contributed by atoms with Gasteiger partial charge >= 0.3 is 0 Å². The summed E-state index contributed by atoms with van der Waals surface area (Å²) in [5, 5.41) is 2.75. The molecule has 0 aliphatic heterocycles. The number of Topliss-reactive ketones (excluding diaryl/α,β-unsaturated/α-hetero) is 1. The van der Waals surface area contributed by atoms with E-state index in [-0.39, 0.29) is 5.78 Å². The molecule has 0 unspecified atom stereocenters. The van der Waals surface area contributed by atoms with E-state index in [0.717, 1.165) is 11.4 Å². The van der Waals surface area contributed by atoms with Crippen LogP contribution in [0, 0.1) is 6.92 Å². The van der Waals surface area contributed by atoms with Crippen LogP contribution < -0.4 is 0 Å². The summed E-state index contributed by atoms with van der Waals surface area (Å²) in [4.78, 5) is 15.4. The molecule has 0 radical (unpaired) electrons. The maximum atomic E-state index is 11.3. The summed E-state index contributed by atoms with van der Waals surface area (Å²) in [5.74, 6) is 0.110. The van der Waals surface area contributed by atoms with E-state index in [0.29, 0.717) is 12.1 Å². The lowest BCUT2D eigenvalue weighted by Crippen LogP contribution is -1.98. The minimum atomic E-state index is 0.110. The molecule has 0 aliphatic rings. The molecule has 0 saturated carbocycles. The van der Waals surface area contributed by atoms with Crippen molar-refractivity contribution in [2.24, 2.45) is 0 Å². The third kappa shape index (κ3) is 2.27. The number of carbonyl (C=O) groups is 1. The second kappa shape index (κ2) is 4.16. The molecule has 0 fully saturated rings. The number of rotatable bonds is 4. The molecule has 1 aromatic heterocycles. The zero-order valence-corrected chi connectivity index (χ0v) is 7.86. The highest BCUT2D eigenvalue weighted by molar-refractivity contribution is 7.09. The predicted molar refractivity (Wildman–Crippen MR) is 50.6 cm³/mol. The Morgan fingerprint density at radius 3 is 3.08 bits per heavy atom. The van der Waals surface area contributed by atoms with Crippen LogP contribution in [0.3, 0.4) is 0 Å². The molecule has 1 aromatic rings. The van der Waals surface area contributed by atoms with Gasteiger partial charge in [0.1, 0.15) is 5.69 Å². The van der Waals surface area contributed by atoms with Gasteiger partial charge in [0.05, 0.1) is 5.01 Å². The molecule has 0 saturated heterocycles. The number of thiazole rings is 1. The Balaban J connectivity index is 2.59. The van der Waals surface area contributed by atoms with Gasteiger partial charge in [-0.25, -0.2) is 4.98 Å². The minimum Gasteiger partial charge on any atom is -0.292 e. The predicted octanol–water partition coefficient (Wildman–Crippen LogP) is 2.60. The van der Waals surface area contributed by atoms with Crippen LogP contribution >= 0.6 is 11.3 Å². The van der Waals surface area contributed by atoms with E-state index in [1.807, 2.05) is 6.92 Å². The highest BCUT2D eigenvalue weighted by Crippen LogP contribution is 2.10. The number of hydrogen-bond acceptors (Lipinski definition) is 3. The normalized spacial score (nSPS) is 9.75. The van der Waals surface area contributed by atoms with Crippen LogP contribution in [0.4, 0.5) is 0 Å². The van der Waals surface area contributed by atoms with Crippen LogP contribution in [0.25, 0.3) is 0 Å². The molecule has 0 N–H and O–H groups in total. The zero-order chi connectivity index (χ0) is 8.97. The second-order valence-corrected chi connectivity index (χ2v) is 3.56. The molecule has 0 aliphatic carbocycles. The molecule has 3 heteroatoms. The lowest BCUT2D eigenvalue weighted by molar-refractivity contribution is 0.0979. The fraction of sp³-hybridized carbons (Fsp3) is 0.333. The average Bonchev–Trinajstić information content (AvgIpc) is 2.47. The van der Waals surface area contributed by atoms with Gasteiger partial charge in [0.2, 0.25) is 0 Å². The van der Waals surface area contributed by atoms with Gasteiger partial charge in [-0.15, -0.1) is 17.9 Å². The Bertz CT molecular complexity index is 290. The van der Waals surface area contributed by atoms with Gasteiger partial charge < -0.3 is 0 Å².